The lowest BCUT2D eigenvalue weighted by molar-refractivity contribution is -0.697. The molecule has 1 aliphatic heterocycles. The van der Waals surface area contributed by atoms with Crippen LogP contribution >= 0.6 is 0 Å². The summed E-state index contributed by atoms with van der Waals surface area (Å²) < 4.78 is 41.4. The molecule has 2 rings (SSSR count). The number of pyridine rings is 1. The molecule has 222 valence electrons. The fourth-order valence-corrected chi connectivity index (χ4v) is 5.02. The highest BCUT2D eigenvalue weighted by Crippen LogP contribution is 2.25. The molecule has 0 amide bonds. The van der Waals surface area contributed by atoms with Crippen LogP contribution in [0.15, 0.2) is 30.6 Å². The summed E-state index contributed by atoms with van der Waals surface area (Å²) in [5.41, 5.74) is 0. The second-order valence-corrected chi connectivity index (χ2v) is 12.4. The van der Waals surface area contributed by atoms with E-state index in [0.29, 0.717) is 12.4 Å². The number of hydrogen-bond donors (Lipinski definition) is 0. The largest absolute Gasteiger partial charge is 0.748 e. The van der Waals surface area contributed by atoms with Crippen molar-refractivity contribution in [1.29, 1.82) is 0 Å². The lowest BCUT2D eigenvalue weighted by Gasteiger charge is -2.10. The molecule has 0 bridgehead atoms. The zero-order valence-electron chi connectivity index (χ0n) is 24.5. The van der Waals surface area contributed by atoms with Crippen LogP contribution in [-0.4, -0.2) is 45.2 Å². The highest BCUT2D eigenvalue weighted by Gasteiger charge is 2.24. The third kappa shape index (κ3) is 24.1. The Morgan fingerprint density at radius 2 is 1.34 bits per heavy atom. The predicted octanol–water partition coefficient (Wildman–Crippen LogP) is 7.21. The van der Waals surface area contributed by atoms with Crippen molar-refractivity contribution in [3.63, 3.8) is 0 Å². The SMILES string of the molecule is CCCCCCCCCCCCCC[C@@H]1CO[C@@H](COCCCCCC[n+]2ccccc2)C1.CS(=O)(=O)[O-]. The number of hydrogen-bond acceptors (Lipinski definition) is 5. The van der Waals surface area contributed by atoms with Gasteiger partial charge in [-0.3, -0.25) is 0 Å². The maximum atomic E-state index is 9.08. The fourth-order valence-electron chi connectivity index (χ4n) is 5.02. The van der Waals surface area contributed by atoms with E-state index in [0.717, 1.165) is 32.3 Å². The maximum Gasteiger partial charge on any atom is 0.168 e. The average Bonchev–Trinajstić information content (AvgIpc) is 3.33. The van der Waals surface area contributed by atoms with Crippen LogP contribution in [-0.2, 0) is 26.1 Å². The van der Waals surface area contributed by atoms with Crippen molar-refractivity contribution in [2.75, 3.05) is 26.1 Å². The van der Waals surface area contributed by atoms with Crippen molar-refractivity contribution in [3.8, 4) is 0 Å². The molecule has 2 heterocycles. The van der Waals surface area contributed by atoms with Gasteiger partial charge in [0.15, 0.2) is 12.4 Å². The Bertz CT molecular complexity index is 736. The molecule has 0 aliphatic carbocycles. The van der Waals surface area contributed by atoms with Gasteiger partial charge in [-0.25, -0.2) is 13.0 Å². The van der Waals surface area contributed by atoms with Crippen LogP contribution in [0, 0.1) is 5.92 Å². The molecule has 1 aliphatic rings. The molecule has 6 nitrogen and oxygen atoms in total. The molecule has 0 saturated carbocycles. The fraction of sp³-hybridized carbons (Fsp3) is 0.839. The molecule has 0 radical (unpaired) electrons. The summed E-state index contributed by atoms with van der Waals surface area (Å²) in [7, 11) is -3.92. The van der Waals surface area contributed by atoms with Crippen molar-refractivity contribution in [3.05, 3.63) is 30.6 Å². The van der Waals surface area contributed by atoms with E-state index < -0.39 is 10.1 Å². The Balaban J connectivity index is 0.00000132. The molecule has 38 heavy (non-hydrogen) atoms. The van der Waals surface area contributed by atoms with E-state index in [9.17, 15) is 0 Å². The predicted molar refractivity (Wildman–Crippen MR) is 155 cm³/mol. The van der Waals surface area contributed by atoms with Gasteiger partial charge in [0.25, 0.3) is 0 Å². The van der Waals surface area contributed by atoms with E-state index in [-0.39, 0.29) is 0 Å². The maximum absolute atomic E-state index is 9.08. The van der Waals surface area contributed by atoms with Crippen LogP contribution in [0.4, 0.5) is 0 Å². The number of rotatable bonds is 22. The van der Waals surface area contributed by atoms with E-state index >= 15 is 0 Å². The Morgan fingerprint density at radius 1 is 0.816 bits per heavy atom. The summed E-state index contributed by atoms with van der Waals surface area (Å²) in [4.78, 5) is 0. The highest BCUT2D eigenvalue weighted by molar-refractivity contribution is 7.84. The molecule has 2 atom stereocenters. The Morgan fingerprint density at radius 3 is 1.95 bits per heavy atom. The first kappa shape index (κ1) is 35.0. The van der Waals surface area contributed by atoms with Crippen molar-refractivity contribution in [2.24, 2.45) is 5.92 Å². The average molecular weight is 556 g/mol. The van der Waals surface area contributed by atoms with Gasteiger partial charge in [-0.15, -0.1) is 0 Å². The first-order valence-electron chi connectivity index (χ1n) is 15.4. The van der Waals surface area contributed by atoms with E-state index in [1.54, 1.807) is 0 Å². The van der Waals surface area contributed by atoms with Crippen molar-refractivity contribution in [1.82, 2.24) is 0 Å². The molecule has 0 aromatic carbocycles. The minimum atomic E-state index is -3.92. The minimum absolute atomic E-state index is 0.349. The summed E-state index contributed by atoms with van der Waals surface area (Å²) in [5.74, 6) is 0.775. The van der Waals surface area contributed by atoms with E-state index in [1.165, 1.54) is 116 Å². The van der Waals surface area contributed by atoms with Crippen molar-refractivity contribution in [2.45, 2.75) is 135 Å². The third-order valence-corrected chi connectivity index (χ3v) is 7.17. The molecule has 0 unspecified atom stereocenters. The van der Waals surface area contributed by atoms with Crippen LogP contribution in [0.3, 0.4) is 0 Å². The molecule has 7 heteroatoms. The van der Waals surface area contributed by atoms with Crippen LogP contribution in [0.2, 0.25) is 0 Å². The van der Waals surface area contributed by atoms with Crippen LogP contribution in [0.5, 0.6) is 0 Å². The summed E-state index contributed by atoms with van der Waals surface area (Å²) in [5, 5.41) is 0. The standard InChI is InChI=1S/C30H54NO2.CH4O3S/c1-2-3-4-5-6-7-8-9-10-11-12-16-21-29-26-30(33-27-29)28-32-25-20-14-13-17-22-31-23-18-15-19-24-31;1-5(2,3)4/h15,18-19,23-24,29-30H,2-14,16-17,20-22,25-28H2,1H3;1H3,(H,2,3,4)/q+1;/p-1/t29-,30+;/m0./s1. The molecule has 1 aromatic rings. The van der Waals surface area contributed by atoms with Gasteiger partial charge in [0.2, 0.25) is 0 Å². The molecule has 0 N–H and O–H groups in total. The molecule has 1 fully saturated rings. The van der Waals surface area contributed by atoms with Gasteiger partial charge >= 0.3 is 0 Å². The van der Waals surface area contributed by atoms with Crippen LogP contribution < -0.4 is 4.57 Å². The van der Waals surface area contributed by atoms with Gasteiger partial charge in [-0.05, 0) is 31.6 Å². The Kier molecular flexibility index (Phi) is 22.0. The summed E-state index contributed by atoms with van der Waals surface area (Å²) in [6, 6.07) is 6.27. The topological polar surface area (TPSA) is 79.5 Å². The van der Waals surface area contributed by atoms with Gasteiger partial charge in [0, 0.05) is 38.0 Å². The first-order chi connectivity index (χ1) is 18.4. The molecule has 1 saturated heterocycles. The Hall–Kier alpha value is -1.02. The lowest BCUT2D eigenvalue weighted by Crippen LogP contribution is -2.32. The smallest absolute Gasteiger partial charge is 0.168 e. The second-order valence-electron chi connectivity index (χ2n) is 11.0. The normalized spacial score (nSPS) is 17.3. The number of aromatic nitrogens is 1. The second kappa shape index (κ2) is 23.8. The number of nitrogens with zero attached hydrogens (tertiary/aromatic N) is 1. The van der Waals surface area contributed by atoms with Gasteiger partial charge in [0.05, 0.1) is 22.8 Å². The van der Waals surface area contributed by atoms with Crippen LogP contribution in [0.1, 0.15) is 122 Å². The quantitative estimate of drug-likeness (QED) is 0.0858. The van der Waals surface area contributed by atoms with Crippen LogP contribution in [0.25, 0.3) is 0 Å². The number of ether oxygens (including phenoxy) is 2. The highest BCUT2D eigenvalue weighted by atomic mass is 32.2. The van der Waals surface area contributed by atoms with Crippen molar-refractivity contribution < 1.29 is 27.0 Å². The van der Waals surface area contributed by atoms with Gasteiger partial charge in [-0.1, -0.05) is 96.5 Å². The molecule has 1 aromatic heterocycles. The van der Waals surface area contributed by atoms with E-state index in [4.69, 9.17) is 22.4 Å². The van der Waals surface area contributed by atoms with Crippen molar-refractivity contribution >= 4 is 10.1 Å². The monoisotopic (exact) mass is 555 g/mol. The minimum Gasteiger partial charge on any atom is -0.748 e. The molecular weight excluding hydrogens is 498 g/mol. The summed E-state index contributed by atoms with van der Waals surface area (Å²) in [6.07, 6.45) is 30.0. The zero-order valence-corrected chi connectivity index (χ0v) is 25.3. The summed E-state index contributed by atoms with van der Waals surface area (Å²) in [6.45, 7) is 6.07. The third-order valence-electron chi connectivity index (χ3n) is 7.17. The van der Waals surface area contributed by atoms with Gasteiger partial charge in [0.1, 0.15) is 6.54 Å². The lowest BCUT2D eigenvalue weighted by atomic mass is 9.97. The first-order valence-corrected chi connectivity index (χ1v) is 17.2. The zero-order chi connectivity index (χ0) is 27.7. The van der Waals surface area contributed by atoms with Gasteiger partial charge < -0.3 is 14.0 Å². The molecule has 0 spiro atoms. The Labute approximate surface area is 234 Å². The number of unbranched alkanes of at least 4 members (excludes halogenated alkanes) is 14. The summed E-state index contributed by atoms with van der Waals surface area (Å²) >= 11 is 0. The van der Waals surface area contributed by atoms with E-state index in [1.807, 2.05) is 0 Å². The van der Waals surface area contributed by atoms with E-state index in [2.05, 4.69) is 42.1 Å². The van der Waals surface area contributed by atoms with Gasteiger partial charge in [-0.2, -0.15) is 0 Å². The molecular formula is C31H57NO5S. The number of aryl methyl sites for hydroxylation is 1.